The Kier molecular flexibility index (Phi) is 1.18. The molecular weight excluding hydrogens is 140 g/mol. The monoisotopic (exact) mass is 148 g/mol. The Hall–Kier alpha value is -1.38. The van der Waals surface area contributed by atoms with Gasteiger partial charge in [0.25, 0.3) is 0 Å². The molecule has 3 nitrogen and oxygen atoms in total. The number of carbonyl (C=O) groups is 1. The zero-order chi connectivity index (χ0) is 7.84. The van der Waals surface area contributed by atoms with Crippen LogP contribution in [0, 0.1) is 6.92 Å². The van der Waals surface area contributed by atoms with Crippen molar-refractivity contribution in [2.75, 3.05) is 0 Å². The van der Waals surface area contributed by atoms with E-state index in [0.717, 1.165) is 11.1 Å². The SMILES string of the molecule is Cc1c[nH]c2c1CN=CC2=O. The number of H-pyrrole nitrogens is 1. The van der Waals surface area contributed by atoms with Crippen molar-refractivity contribution >= 4 is 12.0 Å². The van der Waals surface area contributed by atoms with Gasteiger partial charge in [-0.25, -0.2) is 0 Å². The minimum atomic E-state index is -0.0145. The number of aryl methyl sites for hydroxylation is 1. The highest BCUT2D eigenvalue weighted by molar-refractivity contribution is 6.35. The molecule has 0 aromatic carbocycles. The van der Waals surface area contributed by atoms with Crippen LogP contribution in [0.25, 0.3) is 0 Å². The molecule has 0 radical (unpaired) electrons. The lowest BCUT2D eigenvalue weighted by Gasteiger charge is -2.03. The van der Waals surface area contributed by atoms with Gasteiger partial charge >= 0.3 is 0 Å². The first kappa shape index (κ1) is 6.34. The second-order valence-electron chi connectivity index (χ2n) is 2.66. The minimum absolute atomic E-state index is 0.0145. The van der Waals surface area contributed by atoms with Crippen molar-refractivity contribution in [3.05, 3.63) is 23.0 Å². The van der Waals surface area contributed by atoms with E-state index in [1.54, 1.807) is 0 Å². The van der Waals surface area contributed by atoms with Crippen LogP contribution in [-0.2, 0) is 6.54 Å². The Morgan fingerprint density at radius 1 is 1.64 bits per heavy atom. The molecular formula is C8H8N2O. The van der Waals surface area contributed by atoms with Crippen molar-refractivity contribution in [2.24, 2.45) is 4.99 Å². The standard InChI is InChI=1S/C8H8N2O/c1-5-2-10-8-6(5)3-9-4-7(8)11/h2,4,10H,3H2,1H3. The Labute approximate surface area is 64.2 Å². The molecule has 1 aromatic rings. The van der Waals surface area contributed by atoms with Gasteiger partial charge in [0.15, 0.2) is 0 Å². The number of aliphatic imine (C=N–C) groups is 1. The summed E-state index contributed by atoms with van der Waals surface area (Å²) in [5.74, 6) is -0.0145. The number of ketones is 1. The largest absolute Gasteiger partial charge is 0.358 e. The second kappa shape index (κ2) is 2.05. The topological polar surface area (TPSA) is 45.2 Å². The maximum Gasteiger partial charge on any atom is 0.220 e. The third-order valence-electron chi connectivity index (χ3n) is 1.92. The molecule has 0 unspecified atom stereocenters. The Balaban J connectivity index is 2.61. The van der Waals surface area contributed by atoms with Gasteiger partial charge in [-0.3, -0.25) is 9.79 Å². The summed E-state index contributed by atoms with van der Waals surface area (Å²) >= 11 is 0. The average Bonchev–Trinajstić information content (AvgIpc) is 2.35. The van der Waals surface area contributed by atoms with Crippen LogP contribution in [0.2, 0.25) is 0 Å². The number of nitrogens with one attached hydrogen (secondary N) is 1. The van der Waals surface area contributed by atoms with Gasteiger partial charge in [0.2, 0.25) is 5.78 Å². The number of Topliss-reactive ketones (excluding diaryl/α,β-unsaturated/α-hetero) is 1. The fourth-order valence-electron chi connectivity index (χ4n) is 1.26. The molecule has 0 atom stereocenters. The van der Waals surface area contributed by atoms with Crippen LogP contribution >= 0.6 is 0 Å². The molecule has 2 heterocycles. The molecule has 0 saturated carbocycles. The number of fused-ring (bicyclic) bond motifs is 1. The predicted molar refractivity (Wildman–Crippen MR) is 42.1 cm³/mol. The average molecular weight is 148 g/mol. The van der Waals surface area contributed by atoms with E-state index in [0.29, 0.717) is 12.2 Å². The first-order valence-electron chi connectivity index (χ1n) is 3.50. The van der Waals surface area contributed by atoms with Crippen LogP contribution < -0.4 is 0 Å². The lowest BCUT2D eigenvalue weighted by atomic mass is 10.1. The van der Waals surface area contributed by atoms with Gasteiger partial charge < -0.3 is 4.98 Å². The maximum atomic E-state index is 11.1. The number of carbonyl (C=O) groups excluding carboxylic acids is 1. The molecule has 1 aromatic heterocycles. The molecule has 1 aliphatic heterocycles. The summed E-state index contributed by atoms with van der Waals surface area (Å²) < 4.78 is 0. The van der Waals surface area contributed by atoms with Crippen LogP contribution in [-0.4, -0.2) is 17.0 Å². The van der Waals surface area contributed by atoms with Crippen molar-refractivity contribution < 1.29 is 4.79 Å². The summed E-state index contributed by atoms with van der Waals surface area (Å²) in [6.07, 6.45) is 3.22. The molecule has 11 heavy (non-hydrogen) atoms. The summed E-state index contributed by atoms with van der Waals surface area (Å²) in [5.41, 5.74) is 2.86. The van der Waals surface area contributed by atoms with E-state index in [4.69, 9.17) is 0 Å². The van der Waals surface area contributed by atoms with Crippen LogP contribution in [0.4, 0.5) is 0 Å². The van der Waals surface area contributed by atoms with Crippen molar-refractivity contribution in [3.8, 4) is 0 Å². The number of rotatable bonds is 0. The fraction of sp³-hybridized carbons (Fsp3) is 0.250. The Bertz CT molecular complexity index is 336. The number of hydrogen-bond acceptors (Lipinski definition) is 2. The van der Waals surface area contributed by atoms with Gasteiger partial charge in [0, 0.05) is 11.8 Å². The van der Waals surface area contributed by atoms with Crippen molar-refractivity contribution in [2.45, 2.75) is 13.5 Å². The van der Waals surface area contributed by atoms with Crippen LogP contribution in [0.15, 0.2) is 11.2 Å². The molecule has 2 rings (SSSR count). The van der Waals surface area contributed by atoms with Crippen LogP contribution in [0.3, 0.4) is 0 Å². The predicted octanol–water partition coefficient (Wildman–Crippen LogP) is 1.09. The normalized spacial score (nSPS) is 15.2. The molecule has 0 fully saturated rings. The summed E-state index contributed by atoms with van der Waals surface area (Å²) in [6.45, 7) is 2.61. The van der Waals surface area contributed by atoms with E-state index < -0.39 is 0 Å². The number of aromatic nitrogens is 1. The smallest absolute Gasteiger partial charge is 0.220 e. The lowest BCUT2D eigenvalue weighted by molar-refractivity contribution is 0.106. The first-order valence-corrected chi connectivity index (χ1v) is 3.50. The summed E-state index contributed by atoms with van der Waals surface area (Å²) in [5, 5.41) is 0. The summed E-state index contributed by atoms with van der Waals surface area (Å²) in [7, 11) is 0. The molecule has 0 saturated heterocycles. The van der Waals surface area contributed by atoms with E-state index in [1.807, 2.05) is 13.1 Å². The Morgan fingerprint density at radius 3 is 3.18 bits per heavy atom. The number of aromatic amines is 1. The molecule has 56 valence electrons. The molecule has 3 heteroatoms. The van der Waals surface area contributed by atoms with Crippen LogP contribution in [0.1, 0.15) is 21.6 Å². The molecule has 0 spiro atoms. The molecule has 0 aliphatic carbocycles. The van der Waals surface area contributed by atoms with Crippen molar-refractivity contribution in [1.29, 1.82) is 0 Å². The highest BCUT2D eigenvalue weighted by Gasteiger charge is 2.16. The van der Waals surface area contributed by atoms with E-state index in [-0.39, 0.29) is 5.78 Å². The van der Waals surface area contributed by atoms with Crippen molar-refractivity contribution in [3.63, 3.8) is 0 Å². The highest BCUT2D eigenvalue weighted by Crippen LogP contribution is 2.16. The molecule has 1 aliphatic rings. The molecule has 0 amide bonds. The van der Waals surface area contributed by atoms with Crippen LogP contribution in [0.5, 0.6) is 0 Å². The third kappa shape index (κ3) is 0.808. The zero-order valence-corrected chi connectivity index (χ0v) is 6.22. The van der Waals surface area contributed by atoms with E-state index >= 15 is 0 Å². The zero-order valence-electron chi connectivity index (χ0n) is 6.22. The lowest BCUT2D eigenvalue weighted by Crippen LogP contribution is -2.09. The van der Waals surface area contributed by atoms with E-state index in [1.165, 1.54) is 6.21 Å². The van der Waals surface area contributed by atoms with Gasteiger partial charge in [-0.15, -0.1) is 0 Å². The molecule has 1 N–H and O–H groups in total. The van der Waals surface area contributed by atoms with E-state index in [9.17, 15) is 4.79 Å². The van der Waals surface area contributed by atoms with E-state index in [2.05, 4.69) is 9.98 Å². The Morgan fingerprint density at radius 2 is 2.45 bits per heavy atom. The third-order valence-corrected chi connectivity index (χ3v) is 1.92. The number of nitrogens with zero attached hydrogens (tertiary/aromatic N) is 1. The number of hydrogen-bond donors (Lipinski definition) is 1. The summed E-state index contributed by atoms with van der Waals surface area (Å²) in [6, 6.07) is 0. The van der Waals surface area contributed by atoms with Gasteiger partial charge in [0.05, 0.1) is 18.5 Å². The van der Waals surface area contributed by atoms with Gasteiger partial charge in [0.1, 0.15) is 0 Å². The minimum Gasteiger partial charge on any atom is -0.358 e. The quantitative estimate of drug-likeness (QED) is 0.588. The van der Waals surface area contributed by atoms with Gasteiger partial charge in [-0.2, -0.15) is 0 Å². The molecule has 0 bridgehead atoms. The fourth-order valence-corrected chi connectivity index (χ4v) is 1.26. The summed E-state index contributed by atoms with van der Waals surface area (Å²) in [4.78, 5) is 18.0. The van der Waals surface area contributed by atoms with Gasteiger partial charge in [-0.05, 0) is 12.5 Å². The van der Waals surface area contributed by atoms with Crippen molar-refractivity contribution in [1.82, 2.24) is 4.98 Å². The van der Waals surface area contributed by atoms with Gasteiger partial charge in [-0.1, -0.05) is 0 Å². The second-order valence-corrected chi connectivity index (χ2v) is 2.66. The first-order chi connectivity index (χ1) is 5.29. The maximum absolute atomic E-state index is 11.1. The highest BCUT2D eigenvalue weighted by atomic mass is 16.1.